The fourth-order valence-corrected chi connectivity index (χ4v) is 5.01. The standard InChI is InChI=1S/C21H30N4O4S2/c1-13-22-17(11-25(13)12-29-9-10-31(3,4)5)18(27)15-7-6-8-16-20(19(15)28)30-21(24-16)23-14(2)26/h11,15H,6-10,12H2,1-5H3,(H,23,24,26). The monoisotopic (exact) mass is 466 g/mol. The van der Waals surface area contributed by atoms with Crippen LogP contribution < -0.4 is 5.32 Å². The maximum atomic E-state index is 13.2. The molecule has 1 unspecified atom stereocenters. The first-order chi connectivity index (χ1) is 14.5. The number of aromatic nitrogens is 3. The predicted molar refractivity (Wildman–Crippen MR) is 125 cm³/mol. The number of thiazole rings is 1. The van der Waals surface area contributed by atoms with E-state index in [4.69, 9.17) is 4.74 Å². The molecule has 2 heterocycles. The van der Waals surface area contributed by atoms with E-state index in [1.165, 1.54) is 6.92 Å². The second kappa shape index (κ2) is 9.62. The summed E-state index contributed by atoms with van der Waals surface area (Å²) < 4.78 is 7.57. The molecule has 0 fully saturated rings. The Bertz CT molecular complexity index is 990. The van der Waals surface area contributed by atoms with Gasteiger partial charge >= 0.3 is 0 Å². The summed E-state index contributed by atoms with van der Waals surface area (Å²) in [7, 11) is -0.619. The number of carbonyl (C=O) groups is 3. The molecular formula is C21H30N4O4S2. The van der Waals surface area contributed by atoms with Gasteiger partial charge in [0.2, 0.25) is 5.91 Å². The van der Waals surface area contributed by atoms with Crippen LogP contribution in [0.25, 0.3) is 0 Å². The van der Waals surface area contributed by atoms with E-state index in [2.05, 4.69) is 34.1 Å². The molecule has 0 spiro atoms. The number of nitrogens with zero attached hydrogens (tertiary/aromatic N) is 3. The van der Waals surface area contributed by atoms with Gasteiger partial charge < -0.3 is 14.6 Å². The largest absolute Gasteiger partial charge is 0.360 e. The Hall–Kier alpha value is -2.04. The van der Waals surface area contributed by atoms with Crippen molar-refractivity contribution in [3.05, 3.63) is 28.3 Å². The number of ether oxygens (including phenoxy) is 1. The number of rotatable bonds is 8. The highest BCUT2D eigenvalue weighted by Crippen LogP contribution is 2.34. The molecule has 31 heavy (non-hydrogen) atoms. The van der Waals surface area contributed by atoms with Crippen LogP contribution in [0, 0.1) is 12.8 Å². The number of hydrogen-bond acceptors (Lipinski definition) is 7. The number of ketones is 2. The highest BCUT2D eigenvalue weighted by atomic mass is 32.3. The lowest BCUT2D eigenvalue weighted by molar-refractivity contribution is -0.114. The van der Waals surface area contributed by atoms with Crippen molar-refractivity contribution in [2.45, 2.75) is 39.8 Å². The Morgan fingerprint density at radius 1 is 1.32 bits per heavy atom. The van der Waals surface area contributed by atoms with Crippen molar-refractivity contribution in [1.82, 2.24) is 14.5 Å². The molecule has 1 amide bonds. The van der Waals surface area contributed by atoms with E-state index in [1.807, 2.05) is 6.92 Å². The third kappa shape index (κ3) is 6.02. The number of imidazole rings is 1. The van der Waals surface area contributed by atoms with Crippen LogP contribution in [0.4, 0.5) is 5.13 Å². The second-order valence-electron chi connectivity index (χ2n) is 8.62. The summed E-state index contributed by atoms with van der Waals surface area (Å²) in [5.74, 6) is 0.174. The first-order valence-electron chi connectivity index (χ1n) is 10.2. The van der Waals surface area contributed by atoms with Crippen LogP contribution in [0.15, 0.2) is 6.20 Å². The minimum Gasteiger partial charge on any atom is -0.360 e. The van der Waals surface area contributed by atoms with Crippen LogP contribution in [-0.2, 0) is 22.7 Å². The van der Waals surface area contributed by atoms with Crippen LogP contribution in [0.2, 0.25) is 0 Å². The molecule has 170 valence electrons. The van der Waals surface area contributed by atoms with Crippen LogP contribution in [0.3, 0.4) is 0 Å². The Kier molecular flexibility index (Phi) is 7.33. The molecule has 3 rings (SSSR count). The summed E-state index contributed by atoms with van der Waals surface area (Å²) >= 11 is 1.14. The van der Waals surface area contributed by atoms with Gasteiger partial charge in [0.15, 0.2) is 16.7 Å². The third-order valence-electron chi connectivity index (χ3n) is 5.04. The first kappa shape index (κ1) is 23.6. The predicted octanol–water partition coefficient (Wildman–Crippen LogP) is 3.29. The minimum atomic E-state index is -0.778. The summed E-state index contributed by atoms with van der Waals surface area (Å²) in [5.41, 5.74) is 0.945. The van der Waals surface area contributed by atoms with Gasteiger partial charge in [-0.3, -0.25) is 14.4 Å². The Morgan fingerprint density at radius 2 is 2.06 bits per heavy atom. The number of hydrogen-bond donors (Lipinski definition) is 1. The van der Waals surface area contributed by atoms with Gasteiger partial charge in [0.05, 0.1) is 23.1 Å². The van der Waals surface area contributed by atoms with E-state index in [1.54, 1.807) is 10.8 Å². The molecule has 1 atom stereocenters. The van der Waals surface area contributed by atoms with E-state index in [-0.39, 0.29) is 23.2 Å². The lowest BCUT2D eigenvalue weighted by Crippen LogP contribution is -2.23. The van der Waals surface area contributed by atoms with Crippen molar-refractivity contribution in [2.75, 3.05) is 36.4 Å². The average Bonchev–Trinajstić information content (AvgIpc) is 3.19. The maximum Gasteiger partial charge on any atom is 0.223 e. The quantitative estimate of drug-likeness (QED) is 0.277. The lowest BCUT2D eigenvalue weighted by Gasteiger charge is -2.24. The van der Waals surface area contributed by atoms with E-state index in [0.29, 0.717) is 54.1 Å². The van der Waals surface area contributed by atoms with Gasteiger partial charge in [-0.2, -0.15) is 0 Å². The number of Topliss-reactive ketones (excluding diaryl/α,β-unsaturated/α-hetero) is 2. The van der Waals surface area contributed by atoms with E-state index in [0.717, 1.165) is 17.1 Å². The number of amides is 1. The zero-order valence-corrected chi connectivity index (χ0v) is 20.3. The Labute approximate surface area is 188 Å². The lowest BCUT2D eigenvalue weighted by atomic mass is 9.93. The SMILES string of the molecule is CC(=O)Nc1nc2c(s1)C(=O)C(C(=O)c1cn(COCCS(C)(C)C)c(C)n1)CCC2. The van der Waals surface area contributed by atoms with E-state index in [9.17, 15) is 14.4 Å². The summed E-state index contributed by atoms with van der Waals surface area (Å²) in [6, 6.07) is 0. The normalized spacial score (nSPS) is 17.2. The topological polar surface area (TPSA) is 103 Å². The number of fused-ring (bicyclic) bond motifs is 1. The molecule has 1 aliphatic rings. The summed E-state index contributed by atoms with van der Waals surface area (Å²) in [6.07, 6.45) is 10.2. The molecule has 0 saturated carbocycles. The van der Waals surface area contributed by atoms with Crippen molar-refractivity contribution in [1.29, 1.82) is 0 Å². The van der Waals surface area contributed by atoms with Crippen molar-refractivity contribution in [2.24, 2.45) is 5.92 Å². The minimum absolute atomic E-state index is 0.233. The van der Waals surface area contributed by atoms with Crippen molar-refractivity contribution < 1.29 is 19.1 Å². The van der Waals surface area contributed by atoms with Crippen LogP contribution >= 0.6 is 21.4 Å². The summed E-state index contributed by atoms with van der Waals surface area (Å²) in [4.78, 5) is 46.8. The van der Waals surface area contributed by atoms with Gasteiger partial charge in [0, 0.05) is 18.9 Å². The highest BCUT2D eigenvalue weighted by Gasteiger charge is 2.35. The number of aryl methyl sites for hydroxylation is 2. The summed E-state index contributed by atoms with van der Waals surface area (Å²) in [6.45, 7) is 4.21. The fraction of sp³-hybridized carbons (Fsp3) is 0.571. The summed E-state index contributed by atoms with van der Waals surface area (Å²) in [5, 5.41) is 3.02. The highest BCUT2D eigenvalue weighted by molar-refractivity contribution is 8.32. The van der Waals surface area contributed by atoms with E-state index >= 15 is 0 Å². The molecule has 0 aromatic carbocycles. The number of anilines is 1. The molecule has 8 nitrogen and oxygen atoms in total. The number of nitrogens with one attached hydrogen (secondary N) is 1. The molecule has 1 aliphatic carbocycles. The molecule has 0 aliphatic heterocycles. The van der Waals surface area contributed by atoms with Crippen LogP contribution in [0.5, 0.6) is 0 Å². The molecule has 0 bridgehead atoms. The molecule has 2 aromatic rings. The smallest absolute Gasteiger partial charge is 0.223 e. The fourth-order valence-electron chi connectivity index (χ4n) is 3.34. The van der Waals surface area contributed by atoms with Gasteiger partial charge in [-0.1, -0.05) is 11.3 Å². The van der Waals surface area contributed by atoms with E-state index < -0.39 is 15.9 Å². The van der Waals surface area contributed by atoms with Crippen LogP contribution in [0.1, 0.15) is 51.4 Å². The van der Waals surface area contributed by atoms with Gasteiger partial charge in [0.25, 0.3) is 0 Å². The molecule has 0 radical (unpaired) electrons. The van der Waals surface area contributed by atoms with Gasteiger partial charge in [-0.25, -0.2) is 20.0 Å². The Balaban J connectivity index is 1.71. The van der Waals surface area contributed by atoms with Gasteiger partial charge in [0.1, 0.15) is 18.2 Å². The Morgan fingerprint density at radius 3 is 2.74 bits per heavy atom. The second-order valence-corrected chi connectivity index (χ2v) is 14.2. The average molecular weight is 467 g/mol. The first-order valence-corrected chi connectivity index (χ1v) is 14.0. The van der Waals surface area contributed by atoms with Crippen molar-refractivity contribution >= 4 is 44.0 Å². The molecular weight excluding hydrogens is 436 g/mol. The van der Waals surface area contributed by atoms with Crippen molar-refractivity contribution in [3.8, 4) is 0 Å². The molecule has 10 heteroatoms. The molecule has 2 aromatic heterocycles. The number of carbonyl (C=O) groups excluding carboxylic acids is 3. The van der Waals surface area contributed by atoms with Gasteiger partial charge in [-0.15, -0.1) is 0 Å². The third-order valence-corrected chi connectivity index (χ3v) is 7.46. The van der Waals surface area contributed by atoms with Crippen molar-refractivity contribution in [3.63, 3.8) is 0 Å². The molecule has 0 saturated heterocycles. The zero-order valence-electron chi connectivity index (χ0n) is 18.7. The maximum absolute atomic E-state index is 13.2. The molecule has 1 N–H and O–H groups in total. The van der Waals surface area contributed by atoms with Crippen LogP contribution in [-0.4, -0.2) is 63.1 Å². The van der Waals surface area contributed by atoms with Gasteiger partial charge in [-0.05, 0) is 45.0 Å². The zero-order chi connectivity index (χ0) is 22.8.